The van der Waals surface area contributed by atoms with Crippen molar-refractivity contribution in [2.45, 2.75) is 0 Å². The standard InChI is InChI=1S/C23H19ClN2O5/c1-28-20-8-14-13-4-2-3-5-18(13)31-19(14)11-17(20)25-12-23(27)26-16-10-22-21(9-15(16)24)29-6-7-30-22/h2-5,8-11,25H,6-7,12H2,1H3,(H,26,27). The van der Waals surface area contributed by atoms with Crippen molar-refractivity contribution in [3.63, 3.8) is 0 Å². The summed E-state index contributed by atoms with van der Waals surface area (Å²) in [6.45, 7) is 0.927. The third kappa shape index (κ3) is 3.68. The maximum atomic E-state index is 12.5. The molecular formula is C23H19ClN2O5. The van der Waals surface area contributed by atoms with E-state index in [2.05, 4.69) is 10.6 Å². The number of para-hydroxylation sites is 1. The van der Waals surface area contributed by atoms with E-state index in [0.29, 0.717) is 52.4 Å². The Labute approximate surface area is 182 Å². The van der Waals surface area contributed by atoms with Gasteiger partial charge in [0.2, 0.25) is 5.91 Å². The first-order valence-corrected chi connectivity index (χ1v) is 10.1. The molecule has 2 N–H and O–H groups in total. The average molecular weight is 439 g/mol. The summed E-state index contributed by atoms with van der Waals surface area (Å²) in [6.07, 6.45) is 0. The van der Waals surface area contributed by atoms with Crippen LogP contribution < -0.4 is 24.8 Å². The van der Waals surface area contributed by atoms with E-state index in [4.69, 9.17) is 30.2 Å². The number of hydrogen-bond acceptors (Lipinski definition) is 6. The van der Waals surface area contributed by atoms with Crippen LogP contribution in [0, 0.1) is 0 Å². The number of rotatable bonds is 5. The van der Waals surface area contributed by atoms with E-state index in [-0.39, 0.29) is 12.5 Å². The van der Waals surface area contributed by atoms with E-state index in [1.165, 1.54) is 0 Å². The lowest BCUT2D eigenvalue weighted by molar-refractivity contribution is -0.114. The molecule has 1 aromatic heterocycles. The molecule has 0 saturated carbocycles. The molecule has 5 rings (SSSR count). The van der Waals surface area contributed by atoms with Gasteiger partial charge in [0.25, 0.3) is 0 Å². The summed E-state index contributed by atoms with van der Waals surface area (Å²) in [6, 6.07) is 14.8. The molecule has 2 heterocycles. The predicted octanol–water partition coefficient (Wildman–Crippen LogP) is 5.07. The molecule has 0 radical (unpaired) electrons. The zero-order chi connectivity index (χ0) is 21.4. The number of methoxy groups -OCH3 is 1. The van der Waals surface area contributed by atoms with E-state index < -0.39 is 0 Å². The third-order valence-electron chi connectivity index (χ3n) is 5.04. The quantitative estimate of drug-likeness (QED) is 0.452. The van der Waals surface area contributed by atoms with Gasteiger partial charge in [-0.05, 0) is 12.1 Å². The number of carbonyl (C=O) groups excluding carboxylic acids is 1. The summed E-state index contributed by atoms with van der Waals surface area (Å²) >= 11 is 6.27. The van der Waals surface area contributed by atoms with Crippen molar-refractivity contribution < 1.29 is 23.4 Å². The highest BCUT2D eigenvalue weighted by atomic mass is 35.5. The average Bonchev–Trinajstić information content (AvgIpc) is 3.15. The summed E-state index contributed by atoms with van der Waals surface area (Å²) in [7, 11) is 1.59. The Balaban J connectivity index is 1.34. The van der Waals surface area contributed by atoms with E-state index >= 15 is 0 Å². The van der Waals surface area contributed by atoms with E-state index in [1.807, 2.05) is 36.4 Å². The molecule has 1 aliphatic rings. The molecule has 1 amide bonds. The number of benzene rings is 3. The molecule has 4 aromatic rings. The fourth-order valence-corrected chi connectivity index (χ4v) is 3.79. The summed E-state index contributed by atoms with van der Waals surface area (Å²) in [5.41, 5.74) is 2.61. The Bertz CT molecular complexity index is 1300. The van der Waals surface area contributed by atoms with E-state index in [9.17, 15) is 4.79 Å². The number of fused-ring (bicyclic) bond motifs is 4. The second kappa shape index (κ2) is 7.92. The topological polar surface area (TPSA) is 82.0 Å². The van der Waals surface area contributed by atoms with Crippen molar-refractivity contribution in [2.75, 3.05) is 37.5 Å². The van der Waals surface area contributed by atoms with Crippen molar-refractivity contribution in [1.82, 2.24) is 0 Å². The number of carbonyl (C=O) groups is 1. The highest BCUT2D eigenvalue weighted by Crippen LogP contribution is 2.38. The van der Waals surface area contributed by atoms with Gasteiger partial charge in [0.15, 0.2) is 11.5 Å². The summed E-state index contributed by atoms with van der Waals surface area (Å²) < 4.78 is 22.5. The number of ether oxygens (including phenoxy) is 3. The second-order valence-electron chi connectivity index (χ2n) is 7.02. The van der Waals surface area contributed by atoms with Crippen LogP contribution in [0.2, 0.25) is 5.02 Å². The van der Waals surface area contributed by atoms with Gasteiger partial charge < -0.3 is 29.3 Å². The highest BCUT2D eigenvalue weighted by Gasteiger charge is 2.17. The molecule has 158 valence electrons. The van der Waals surface area contributed by atoms with Gasteiger partial charge in [0.1, 0.15) is 30.1 Å². The van der Waals surface area contributed by atoms with Crippen LogP contribution in [0.1, 0.15) is 0 Å². The zero-order valence-electron chi connectivity index (χ0n) is 16.7. The Morgan fingerprint density at radius 1 is 1.00 bits per heavy atom. The summed E-state index contributed by atoms with van der Waals surface area (Å²) in [5.74, 6) is 1.46. The van der Waals surface area contributed by atoms with Crippen LogP contribution in [-0.4, -0.2) is 32.8 Å². The SMILES string of the molecule is COc1cc2c(cc1NCC(=O)Nc1cc3c(cc1Cl)OCCO3)oc1ccccc12. The van der Waals surface area contributed by atoms with Crippen molar-refractivity contribution in [2.24, 2.45) is 0 Å². The molecule has 0 unspecified atom stereocenters. The first-order chi connectivity index (χ1) is 15.1. The lowest BCUT2D eigenvalue weighted by Gasteiger charge is -2.20. The van der Waals surface area contributed by atoms with Crippen LogP contribution in [0.4, 0.5) is 11.4 Å². The second-order valence-corrected chi connectivity index (χ2v) is 7.43. The summed E-state index contributed by atoms with van der Waals surface area (Å²) in [4.78, 5) is 12.5. The van der Waals surface area contributed by atoms with Crippen molar-refractivity contribution in [1.29, 1.82) is 0 Å². The molecular weight excluding hydrogens is 420 g/mol. The lowest BCUT2D eigenvalue weighted by Crippen LogP contribution is -2.22. The molecule has 0 aliphatic carbocycles. The Hall–Kier alpha value is -3.58. The van der Waals surface area contributed by atoms with Crippen LogP contribution >= 0.6 is 11.6 Å². The van der Waals surface area contributed by atoms with Gasteiger partial charge in [-0.3, -0.25) is 4.79 Å². The third-order valence-corrected chi connectivity index (χ3v) is 5.36. The smallest absolute Gasteiger partial charge is 0.243 e. The fraction of sp³-hybridized carbons (Fsp3) is 0.174. The van der Waals surface area contributed by atoms with Crippen LogP contribution in [0.25, 0.3) is 21.9 Å². The molecule has 0 fully saturated rings. The largest absolute Gasteiger partial charge is 0.495 e. The summed E-state index contributed by atoms with van der Waals surface area (Å²) in [5, 5.41) is 8.23. The van der Waals surface area contributed by atoms with E-state index in [0.717, 1.165) is 16.4 Å². The number of anilines is 2. The van der Waals surface area contributed by atoms with Gasteiger partial charge in [0.05, 0.1) is 30.1 Å². The van der Waals surface area contributed by atoms with Gasteiger partial charge >= 0.3 is 0 Å². The Kier molecular flexibility index (Phi) is 4.95. The minimum absolute atomic E-state index is 0.00681. The molecule has 0 bridgehead atoms. The zero-order valence-corrected chi connectivity index (χ0v) is 17.4. The lowest BCUT2D eigenvalue weighted by atomic mass is 10.1. The minimum atomic E-state index is -0.273. The molecule has 3 aromatic carbocycles. The van der Waals surface area contributed by atoms with Gasteiger partial charge in [-0.1, -0.05) is 29.8 Å². The maximum Gasteiger partial charge on any atom is 0.243 e. The normalized spacial score (nSPS) is 12.7. The van der Waals surface area contributed by atoms with Crippen molar-refractivity contribution in [3.8, 4) is 17.2 Å². The number of furan rings is 1. The maximum absolute atomic E-state index is 12.5. The number of halogens is 1. The monoisotopic (exact) mass is 438 g/mol. The Morgan fingerprint density at radius 2 is 1.77 bits per heavy atom. The van der Waals surface area contributed by atoms with Gasteiger partial charge in [0, 0.05) is 29.0 Å². The highest BCUT2D eigenvalue weighted by molar-refractivity contribution is 6.34. The van der Waals surface area contributed by atoms with Gasteiger partial charge in [-0.2, -0.15) is 0 Å². The first kappa shape index (κ1) is 19.4. The number of amides is 1. The van der Waals surface area contributed by atoms with Crippen LogP contribution in [-0.2, 0) is 4.79 Å². The van der Waals surface area contributed by atoms with Gasteiger partial charge in [-0.25, -0.2) is 0 Å². The predicted molar refractivity (Wildman–Crippen MR) is 120 cm³/mol. The molecule has 8 heteroatoms. The molecule has 0 spiro atoms. The van der Waals surface area contributed by atoms with Crippen molar-refractivity contribution >= 4 is 50.8 Å². The molecule has 1 aliphatic heterocycles. The first-order valence-electron chi connectivity index (χ1n) is 9.74. The minimum Gasteiger partial charge on any atom is -0.495 e. The van der Waals surface area contributed by atoms with Crippen molar-refractivity contribution in [3.05, 3.63) is 53.6 Å². The van der Waals surface area contributed by atoms with Crippen LogP contribution in [0.5, 0.6) is 17.2 Å². The van der Waals surface area contributed by atoms with Gasteiger partial charge in [-0.15, -0.1) is 0 Å². The van der Waals surface area contributed by atoms with Crippen LogP contribution in [0.15, 0.2) is 52.9 Å². The Morgan fingerprint density at radius 3 is 2.58 bits per heavy atom. The number of nitrogens with one attached hydrogen (secondary N) is 2. The molecule has 31 heavy (non-hydrogen) atoms. The van der Waals surface area contributed by atoms with Crippen LogP contribution in [0.3, 0.4) is 0 Å². The van der Waals surface area contributed by atoms with E-state index in [1.54, 1.807) is 19.2 Å². The number of hydrogen-bond donors (Lipinski definition) is 2. The molecule has 0 saturated heterocycles. The molecule has 0 atom stereocenters. The molecule has 7 nitrogen and oxygen atoms in total. The fourth-order valence-electron chi connectivity index (χ4n) is 3.59.